The summed E-state index contributed by atoms with van der Waals surface area (Å²) < 4.78 is 5.29. The average Bonchev–Trinajstić information content (AvgIpc) is 2.99. The number of fused-ring (bicyclic) bond motifs is 1. The van der Waals surface area contributed by atoms with Crippen LogP contribution in [0.2, 0.25) is 0 Å². The third-order valence-corrected chi connectivity index (χ3v) is 4.01. The van der Waals surface area contributed by atoms with E-state index in [1.165, 1.54) is 0 Å². The molecule has 1 aliphatic carbocycles. The molecule has 1 heterocycles. The molecule has 1 saturated carbocycles. The highest BCUT2D eigenvalue weighted by Gasteiger charge is 2.25. The van der Waals surface area contributed by atoms with E-state index in [1.807, 2.05) is 0 Å². The number of benzene rings is 1. The van der Waals surface area contributed by atoms with Gasteiger partial charge in [0.15, 0.2) is 5.58 Å². The summed E-state index contributed by atoms with van der Waals surface area (Å²) in [6.07, 6.45) is 2.53. The molecule has 1 fully saturated rings. The van der Waals surface area contributed by atoms with E-state index in [9.17, 15) is 9.90 Å². The quantitative estimate of drug-likeness (QED) is 0.759. The lowest BCUT2D eigenvalue weighted by molar-refractivity contribution is 0.0917. The van der Waals surface area contributed by atoms with Gasteiger partial charge in [0.25, 0.3) is 10.7 Å². The molecular weight excluding hydrogens is 276 g/mol. The van der Waals surface area contributed by atoms with Gasteiger partial charge in [0.05, 0.1) is 11.6 Å². The van der Waals surface area contributed by atoms with Crippen molar-refractivity contribution >= 4 is 29.2 Å². The maximum atomic E-state index is 12.1. The predicted molar refractivity (Wildman–Crippen MR) is 77.1 cm³/mol. The number of aromatic amines is 1. The first-order valence-electron chi connectivity index (χ1n) is 6.72. The number of rotatable bonds is 3. The third-order valence-electron chi connectivity index (χ3n) is 3.83. The lowest BCUT2D eigenvalue weighted by Crippen LogP contribution is -2.32. The normalized spacial score (nSPS) is 22.2. The second-order valence-corrected chi connectivity index (χ2v) is 5.56. The number of aliphatic hydroxyl groups excluding tert-OH is 1. The Morgan fingerprint density at radius 3 is 3.10 bits per heavy atom. The molecule has 3 N–H and O–H groups in total. The van der Waals surface area contributed by atoms with Crippen LogP contribution in [0.3, 0.4) is 0 Å². The minimum Gasteiger partial charge on any atom is -0.429 e. The van der Waals surface area contributed by atoms with Gasteiger partial charge in [-0.2, -0.15) is 0 Å². The van der Waals surface area contributed by atoms with Gasteiger partial charge in [0, 0.05) is 18.0 Å². The zero-order valence-corrected chi connectivity index (χ0v) is 11.7. The topological polar surface area (TPSA) is 78.3 Å². The van der Waals surface area contributed by atoms with Gasteiger partial charge in [-0.25, -0.2) is 0 Å². The van der Waals surface area contributed by atoms with Crippen LogP contribution in [-0.4, -0.2) is 28.6 Å². The van der Waals surface area contributed by atoms with Crippen LogP contribution in [0.4, 0.5) is 0 Å². The van der Waals surface area contributed by atoms with Crippen LogP contribution in [0.1, 0.15) is 29.6 Å². The van der Waals surface area contributed by atoms with Gasteiger partial charge in [0.2, 0.25) is 0 Å². The highest BCUT2D eigenvalue weighted by molar-refractivity contribution is 7.71. The first-order valence-corrected chi connectivity index (χ1v) is 7.13. The van der Waals surface area contributed by atoms with Crippen molar-refractivity contribution in [1.82, 2.24) is 10.3 Å². The maximum Gasteiger partial charge on any atom is 0.266 e. The Kier molecular flexibility index (Phi) is 3.58. The standard InChI is InChI=1S/C14H16N2O3S/c17-11-3-1-2-9(11)7-15-13(18)8-4-5-10-12(6-8)19-14(20)16-10/h4-6,9,11,17H,1-3,7H2,(H,15,18)(H,16,20)/t9-,11-/m1/s1. The highest BCUT2D eigenvalue weighted by Crippen LogP contribution is 2.24. The number of amides is 1. The van der Waals surface area contributed by atoms with Crippen molar-refractivity contribution in [2.45, 2.75) is 25.4 Å². The monoisotopic (exact) mass is 292 g/mol. The van der Waals surface area contributed by atoms with Crippen molar-refractivity contribution in [1.29, 1.82) is 0 Å². The van der Waals surface area contributed by atoms with Gasteiger partial charge in [-0.15, -0.1) is 0 Å². The molecule has 0 spiro atoms. The van der Waals surface area contributed by atoms with Crippen LogP contribution in [0, 0.1) is 10.8 Å². The zero-order chi connectivity index (χ0) is 14.1. The molecule has 0 bridgehead atoms. The van der Waals surface area contributed by atoms with Crippen molar-refractivity contribution in [3.63, 3.8) is 0 Å². The molecule has 0 unspecified atom stereocenters. The number of oxazole rings is 1. The number of carbonyl (C=O) groups is 1. The first-order chi connectivity index (χ1) is 9.63. The van der Waals surface area contributed by atoms with Crippen LogP contribution in [0.25, 0.3) is 11.1 Å². The fourth-order valence-electron chi connectivity index (χ4n) is 2.67. The van der Waals surface area contributed by atoms with E-state index in [2.05, 4.69) is 10.3 Å². The summed E-state index contributed by atoms with van der Waals surface area (Å²) >= 11 is 4.91. The summed E-state index contributed by atoms with van der Waals surface area (Å²) in [5.41, 5.74) is 1.88. The second-order valence-electron chi connectivity index (χ2n) is 5.19. The maximum absolute atomic E-state index is 12.1. The van der Waals surface area contributed by atoms with E-state index in [0.717, 1.165) is 24.8 Å². The fourth-order valence-corrected chi connectivity index (χ4v) is 2.87. The lowest BCUT2D eigenvalue weighted by Gasteiger charge is -2.14. The summed E-state index contributed by atoms with van der Waals surface area (Å²) in [6.45, 7) is 0.509. The van der Waals surface area contributed by atoms with Gasteiger partial charge in [-0.1, -0.05) is 6.42 Å². The van der Waals surface area contributed by atoms with Gasteiger partial charge in [0.1, 0.15) is 0 Å². The van der Waals surface area contributed by atoms with Crippen LogP contribution in [0.5, 0.6) is 0 Å². The summed E-state index contributed by atoms with van der Waals surface area (Å²) in [4.78, 5) is 15.3. The second kappa shape index (κ2) is 5.38. The van der Waals surface area contributed by atoms with E-state index in [1.54, 1.807) is 18.2 Å². The Morgan fingerprint density at radius 1 is 1.50 bits per heavy atom. The SMILES string of the molecule is O=C(NC[C@H]1CCC[C@H]1O)c1ccc2[nH]c(=S)oc2c1. The number of aromatic nitrogens is 1. The summed E-state index contributed by atoms with van der Waals surface area (Å²) in [6, 6.07) is 5.17. The third kappa shape index (κ3) is 2.62. The van der Waals surface area contributed by atoms with E-state index < -0.39 is 0 Å². The number of nitrogens with one attached hydrogen (secondary N) is 2. The van der Waals surface area contributed by atoms with Gasteiger partial charge < -0.3 is 19.8 Å². The molecule has 1 aromatic carbocycles. The lowest BCUT2D eigenvalue weighted by atomic mass is 10.1. The van der Waals surface area contributed by atoms with Gasteiger partial charge >= 0.3 is 0 Å². The molecule has 1 aromatic heterocycles. The molecule has 3 rings (SSSR count). The molecular formula is C14H16N2O3S. The molecule has 2 aromatic rings. The number of H-pyrrole nitrogens is 1. The van der Waals surface area contributed by atoms with Crippen molar-refractivity contribution in [3.05, 3.63) is 28.6 Å². The highest BCUT2D eigenvalue weighted by atomic mass is 32.1. The predicted octanol–water partition coefficient (Wildman–Crippen LogP) is 2.38. The number of carbonyl (C=O) groups excluding carboxylic acids is 1. The van der Waals surface area contributed by atoms with Crippen molar-refractivity contribution < 1.29 is 14.3 Å². The molecule has 1 aliphatic rings. The van der Waals surface area contributed by atoms with Crippen molar-refractivity contribution in [2.75, 3.05) is 6.54 Å². The largest absolute Gasteiger partial charge is 0.429 e. The van der Waals surface area contributed by atoms with E-state index in [4.69, 9.17) is 16.6 Å². The molecule has 106 valence electrons. The number of hydrogen-bond acceptors (Lipinski definition) is 4. The first kappa shape index (κ1) is 13.3. The summed E-state index contributed by atoms with van der Waals surface area (Å²) in [5, 5.41) is 12.6. The molecule has 0 aliphatic heterocycles. The molecule has 0 saturated heterocycles. The summed E-state index contributed by atoms with van der Waals surface area (Å²) in [5.74, 6) is 0.00666. The Morgan fingerprint density at radius 2 is 2.35 bits per heavy atom. The molecule has 5 nitrogen and oxygen atoms in total. The number of hydrogen-bond donors (Lipinski definition) is 3. The Bertz CT molecular complexity index is 691. The Balaban J connectivity index is 1.70. The molecule has 6 heteroatoms. The Labute approximate surface area is 121 Å². The minimum absolute atomic E-state index is 0.159. The van der Waals surface area contributed by atoms with Crippen LogP contribution in [0.15, 0.2) is 22.6 Å². The zero-order valence-electron chi connectivity index (χ0n) is 10.9. The smallest absolute Gasteiger partial charge is 0.266 e. The Hall–Kier alpha value is -1.66. The van der Waals surface area contributed by atoms with Crippen molar-refractivity contribution in [3.8, 4) is 0 Å². The van der Waals surface area contributed by atoms with Gasteiger partial charge in [-0.05, 0) is 43.3 Å². The molecule has 1 amide bonds. The number of aliphatic hydroxyl groups is 1. The summed E-state index contributed by atoms with van der Waals surface area (Å²) in [7, 11) is 0. The van der Waals surface area contributed by atoms with E-state index in [0.29, 0.717) is 22.5 Å². The van der Waals surface area contributed by atoms with Crippen LogP contribution >= 0.6 is 12.2 Å². The molecule has 20 heavy (non-hydrogen) atoms. The van der Waals surface area contributed by atoms with Crippen LogP contribution in [-0.2, 0) is 0 Å². The van der Waals surface area contributed by atoms with Crippen LogP contribution < -0.4 is 5.32 Å². The average molecular weight is 292 g/mol. The minimum atomic E-state index is -0.291. The van der Waals surface area contributed by atoms with E-state index >= 15 is 0 Å². The molecule has 2 atom stereocenters. The van der Waals surface area contributed by atoms with Crippen molar-refractivity contribution in [2.24, 2.45) is 5.92 Å². The molecule has 0 radical (unpaired) electrons. The van der Waals surface area contributed by atoms with E-state index in [-0.39, 0.29) is 17.9 Å². The van der Waals surface area contributed by atoms with Gasteiger partial charge in [-0.3, -0.25) is 4.79 Å². The fraction of sp³-hybridized carbons (Fsp3) is 0.429.